The minimum atomic E-state index is -1.18. The van der Waals surface area contributed by atoms with E-state index in [1.807, 2.05) is 38.1 Å². The molecule has 0 unspecified atom stereocenters. The lowest BCUT2D eigenvalue weighted by Gasteiger charge is -2.18. The van der Waals surface area contributed by atoms with Gasteiger partial charge in [0.05, 0.1) is 0 Å². The smallest absolute Gasteiger partial charge is 0.326 e. The molecule has 36 heavy (non-hydrogen) atoms. The van der Waals surface area contributed by atoms with Crippen molar-refractivity contribution in [1.29, 1.82) is 0 Å². The standard InChI is InChI=1S/C13H18N2O3.C12H16N2O4/c1-8(2)11(12(16)17)15-13(18)14-10-7-5-4-6-9(10)3;1-8-4-2-3-5-9(8)13-12(18)14-10(6-7-15)11(16)17/h4-8,11H,1-3H3,(H,16,17)(H2,14,15,18);2-5,10,15H,6-7H2,1H3,(H,16,17)(H2,13,14,18)/t11-;10-/m00/s1. The van der Waals surface area contributed by atoms with Gasteiger partial charge in [-0.25, -0.2) is 19.2 Å². The minimum absolute atomic E-state index is 0.0312. The lowest BCUT2D eigenvalue weighted by molar-refractivity contribution is -0.140. The van der Waals surface area contributed by atoms with Gasteiger partial charge < -0.3 is 36.6 Å². The van der Waals surface area contributed by atoms with Gasteiger partial charge in [0.15, 0.2) is 0 Å². The van der Waals surface area contributed by atoms with Gasteiger partial charge in [0.1, 0.15) is 12.1 Å². The maximum atomic E-state index is 11.7. The van der Waals surface area contributed by atoms with E-state index in [-0.39, 0.29) is 18.9 Å². The highest BCUT2D eigenvalue weighted by molar-refractivity contribution is 5.93. The summed E-state index contributed by atoms with van der Waals surface area (Å²) in [4.78, 5) is 45.0. The Bertz CT molecular complexity index is 1040. The quantitative estimate of drug-likeness (QED) is 0.275. The third-order valence-electron chi connectivity index (χ3n) is 5.03. The summed E-state index contributed by atoms with van der Waals surface area (Å²) in [7, 11) is 0. The first-order valence-corrected chi connectivity index (χ1v) is 11.3. The molecule has 0 aliphatic carbocycles. The molecule has 0 saturated carbocycles. The summed E-state index contributed by atoms with van der Waals surface area (Å²) in [6.45, 7) is 6.88. The first-order valence-electron chi connectivity index (χ1n) is 11.3. The molecule has 2 atom stereocenters. The normalized spacial score (nSPS) is 11.8. The average molecular weight is 503 g/mol. The van der Waals surface area contributed by atoms with E-state index in [1.54, 1.807) is 38.1 Å². The maximum absolute atomic E-state index is 11.7. The summed E-state index contributed by atoms with van der Waals surface area (Å²) in [6.07, 6.45) is -0.0312. The fourth-order valence-corrected chi connectivity index (χ4v) is 2.94. The van der Waals surface area contributed by atoms with Crippen LogP contribution in [0.15, 0.2) is 48.5 Å². The van der Waals surface area contributed by atoms with Gasteiger partial charge in [0.2, 0.25) is 0 Å². The number of carbonyl (C=O) groups excluding carboxylic acids is 2. The average Bonchev–Trinajstić information content (AvgIpc) is 2.80. The zero-order valence-corrected chi connectivity index (χ0v) is 20.7. The first kappa shape index (κ1) is 29.9. The highest BCUT2D eigenvalue weighted by Crippen LogP contribution is 2.14. The second-order valence-electron chi connectivity index (χ2n) is 8.29. The number of carboxylic acid groups (broad SMARTS) is 2. The molecule has 0 fully saturated rings. The van der Waals surface area contributed by atoms with Crippen LogP contribution in [-0.2, 0) is 9.59 Å². The molecule has 2 aromatic rings. The number of rotatable bonds is 9. The summed E-state index contributed by atoms with van der Waals surface area (Å²) in [5, 5.41) is 36.4. The molecule has 0 saturated heterocycles. The van der Waals surface area contributed by atoms with Crippen LogP contribution in [0, 0.1) is 19.8 Å². The number of hydrogen-bond acceptors (Lipinski definition) is 5. The topological polar surface area (TPSA) is 177 Å². The molecular weight excluding hydrogens is 468 g/mol. The van der Waals surface area contributed by atoms with E-state index in [9.17, 15) is 19.2 Å². The Balaban J connectivity index is 0.000000360. The fourth-order valence-electron chi connectivity index (χ4n) is 2.94. The second-order valence-corrected chi connectivity index (χ2v) is 8.29. The van der Waals surface area contributed by atoms with E-state index < -0.39 is 36.1 Å². The highest BCUT2D eigenvalue weighted by atomic mass is 16.4. The van der Waals surface area contributed by atoms with Crippen molar-refractivity contribution in [2.24, 2.45) is 5.92 Å². The van der Waals surface area contributed by atoms with Crippen molar-refractivity contribution in [2.45, 2.75) is 46.2 Å². The fraction of sp³-hybridized carbons (Fsp3) is 0.360. The van der Waals surface area contributed by atoms with Crippen LogP contribution in [0.25, 0.3) is 0 Å². The molecule has 0 spiro atoms. The Labute approximate surface area is 209 Å². The van der Waals surface area contributed by atoms with Gasteiger partial charge in [-0.3, -0.25) is 0 Å². The van der Waals surface area contributed by atoms with Gasteiger partial charge in [0, 0.05) is 24.4 Å². The Morgan fingerprint density at radius 2 is 1.19 bits per heavy atom. The Kier molecular flexibility index (Phi) is 12.5. The number of aliphatic hydroxyl groups is 1. The Morgan fingerprint density at radius 3 is 1.56 bits per heavy atom. The Morgan fingerprint density at radius 1 is 0.750 bits per heavy atom. The molecule has 4 amide bonds. The number of benzene rings is 2. The number of carbonyl (C=O) groups is 4. The number of aliphatic hydroxyl groups excluding tert-OH is 1. The molecule has 0 bridgehead atoms. The molecular formula is C25H34N4O7. The summed E-state index contributed by atoms with van der Waals surface area (Å²) in [6, 6.07) is 11.4. The van der Waals surface area contributed by atoms with Crippen LogP contribution in [-0.4, -0.2) is 58.0 Å². The Hall–Kier alpha value is -4.12. The van der Waals surface area contributed by atoms with Crippen molar-refractivity contribution in [3.8, 4) is 0 Å². The second kappa shape index (κ2) is 15.0. The zero-order chi connectivity index (χ0) is 27.3. The van der Waals surface area contributed by atoms with Crippen LogP contribution in [0.1, 0.15) is 31.4 Å². The molecule has 0 aliphatic rings. The molecule has 2 rings (SSSR count). The zero-order valence-electron chi connectivity index (χ0n) is 20.7. The molecule has 0 radical (unpaired) electrons. The van der Waals surface area contributed by atoms with Crippen LogP contribution in [0.2, 0.25) is 0 Å². The number of carboxylic acids is 2. The molecule has 196 valence electrons. The SMILES string of the molecule is Cc1ccccc1NC(=O)N[C@@H](CCO)C(=O)O.Cc1ccccc1NC(=O)N[C@H](C(=O)O)C(C)C. The van der Waals surface area contributed by atoms with Crippen molar-refractivity contribution >= 4 is 35.4 Å². The highest BCUT2D eigenvalue weighted by Gasteiger charge is 2.23. The molecule has 0 heterocycles. The lowest BCUT2D eigenvalue weighted by Crippen LogP contribution is -2.46. The van der Waals surface area contributed by atoms with Crippen molar-refractivity contribution in [1.82, 2.24) is 10.6 Å². The van der Waals surface area contributed by atoms with Crippen LogP contribution < -0.4 is 21.3 Å². The van der Waals surface area contributed by atoms with E-state index >= 15 is 0 Å². The predicted octanol–water partition coefficient (Wildman–Crippen LogP) is 3.18. The minimum Gasteiger partial charge on any atom is -0.480 e. The van der Waals surface area contributed by atoms with Crippen LogP contribution >= 0.6 is 0 Å². The number of aryl methyl sites for hydroxylation is 2. The number of amides is 4. The number of anilines is 2. The number of aliphatic carboxylic acids is 2. The summed E-state index contributed by atoms with van der Waals surface area (Å²) >= 11 is 0. The molecule has 11 nitrogen and oxygen atoms in total. The van der Waals surface area contributed by atoms with Crippen molar-refractivity contribution < 1.29 is 34.5 Å². The van der Waals surface area contributed by atoms with Crippen molar-refractivity contribution in [2.75, 3.05) is 17.2 Å². The van der Waals surface area contributed by atoms with Gasteiger partial charge in [-0.15, -0.1) is 0 Å². The van der Waals surface area contributed by atoms with E-state index in [0.29, 0.717) is 11.4 Å². The predicted molar refractivity (Wildman–Crippen MR) is 136 cm³/mol. The number of urea groups is 2. The maximum Gasteiger partial charge on any atom is 0.326 e. The van der Waals surface area contributed by atoms with E-state index in [0.717, 1.165) is 11.1 Å². The summed E-state index contributed by atoms with van der Waals surface area (Å²) in [5.74, 6) is -2.39. The lowest BCUT2D eigenvalue weighted by atomic mass is 10.1. The molecule has 2 aromatic carbocycles. The number of nitrogens with one attached hydrogen (secondary N) is 4. The van der Waals surface area contributed by atoms with Gasteiger partial charge >= 0.3 is 24.0 Å². The van der Waals surface area contributed by atoms with E-state index in [1.165, 1.54) is 0 Å². The molecule has 7 N–H and O–H groups in total. The van der Waals surface area contributed by atoms with Crippen LogP contribution in [0.5, 0.6) is 0 Å². The first-order chi connectivity index (χ1) is 17.0. The van der Waals surface area contributed by atoms with E-state index in [4.69, 9.17) is 15.3 Å². The molecule has 0 aliphatic heterocycles. The number of para-hydroxylation sites is 2. The third kappa shape index (κ3) is 10.4. The van der Waals surface area contributed by atoms with Crippen LogP contribution in [0.3, 0.4) is 0 Å². The monoisotopic (exact) mass is 502 g/mol. The summed E-state index contributed by atoms with van der Waals surface area (Å²) < 4.78 is 0. The van der Waals surface area contributed by atoms with Gasteiger partial charge in [-0.2, -0.15) is 0 Å². The third-order valence-corrected chi connectivity index (χ3v) is 5.03. The molecule has 11 heteroatoms. The van der Waals surface area contributed by atoms with Gasteiger partial charge in [-0.05, 0) is 43.0 Å². The summed E-state index contributed by atoms with van der Waals surface area (Å²) in [5.41, 5.74) is 3.08. The van der Waals surface area contributed by atoms with Crippen molar-refractivity contribution in [3.05, 3.63) is 59.7 Å². The molecule has 0 aromatic heterocycles. The van der Waals surface area contributed by atoms with Crippen LogP contribution in [0.4, 0.5) is 21.0 Å². The number of hydrogen-bond donors (Lipinski definition) is 7. The van der Waals surface area contributed by atoms with Gasteiger partial charge in [0.25, 0.3) is 0 Å². The van der Waals surface area contributed by atoms with E-state index in [2.05, 4.69) is 21.3 Å². The van der Waals surface area contributed by atoms with Crippen molar-refractivity contribution in [3.63, 3.8) is 0 Å². The van der Waals surface area contributed by atoms with Gasteiger partial charge in [-0.1, -0.05) is 50.2 Å². The largest absolute Gasteiger partial charge is 0.480 e.